The Kier molecular flexibility index (Phi) is 4.59. The first-order valence-electron chi connectivity index (χ1n) is 5.53. The van der Waals surface area contributed by atoms with Crippen LogP contribution < -0.4 is 0 Å². The minimum atomic E-state index is -0.589. The summed E-state index contributed by atoms with van der Waals surface area (Å²) in [6, 6.07) is 4.08. The maximum absolute atomic E-state index is 13.7. The molecule has 98 valence electrons. The van der Waals surface area contributed by atoms with Gasteiger partial charge in [-0.05, 0) is 18.2 Å². The van der Waals surface area contributed by atoms with E-state index in [1.807, 2.05) is 0 Å². The second-order valence-electron chi connectivity index (χ2n) is 4.02. The first kappa shape index (κ1) is 13.8. The fourth-order valence-corrected chi connectivity index (χ4v) is 2.38. The number of hydrogen-bond donors (Lipinski definition) is 0. The van der Waals surface area contributed by atoms with Crippen molar-refractivity contribution in [1.29, 1.82) is 0 Å². The van der Waals surface area contributed by atoms with Crippen LogP contribution in [0.2, 0.25) is 5.02 Å². The molecule has 1 aliphatic rings. The smallest absolute Gasteiger partial charge is 0.256 e. The Hall–Kier alpha value is -0.650. The predicted octanol–water partition coefficient (Wildman–Crippen LogP) is 2.72. The Labute approximate surface area is 118 Å². The summed E-state index contributed by atoms with van der Waals surface area (Å²) < 4.78 is 19.1. The third kappa shape index (κ3) is 3.02. The molecule has 0 radical (unpaired) electrons. The zero-order chi connectivity index (χ0) is 13.1. The van der Waals surface area contributed by atoms with Gasteiger partial charge in [-0.1, -0.05) is 27.5 Å². The van der Waals surface area contributed by atoms with E-state index < -0.39 is 5.82 Å². The van der Waals surface area contributed by atoms with Crippen molar-refractivity contribution >= 4 is 33.4 Å². The molecule has 0 N–H and O–H groups in total. The van der Waals surface area contributed by atoms with E-state index in [1.54, 1.807) is 4.90 Å². The summed E-state index contributed by atoms with van der Waals surface area (Å²) in [4.78, 5) is 13.8. The van der Waals surface area contributed by atoms with Crippen LogP contribution in [0.25, 0.3) is 0 Å². The molecule has 0 aliphatic carbocycles. The molecule has 3 nitrogen and oxygen atoms in total. The lowest BCUT2D eigenvalue weighted by Crippen LogP contribution is -2.46. The predicted molar refractivity (Wildman–Crippen MR) is 70.8 cm³/mol. The summed E-state index contributed by atoms with van der Waals surface area (Å²) >= 11 is 8.98. The van der Waals surface area contributed by atoms with Crippen molar-refractivity contribution in [1.82, 2.24) is 4.90 Å². The summed E-state index contributed by atoms with van der Waals surface area (Å²) in [6.07, 6.45) is -0.0435. The first-order valence-corrected chi connectivity index (χ1v) is 7.03. The fraction of sp³-hybridized carbons (Fsp3) is 0.417. The molecule has 1 atom stereocenters. The van der Waals surface area contributed by atoms with E-state index in [-0.39, 0.29) is 22.6 Å². The highest BCUT2D eigenvalue weighted by Crippen LogP contribution is 2.18. The monoisotopic (exact) mass is 335 g/mol. The lowest BCUT2D eigenvalue weighted by molar-refractivity contribution is -0.00982. The number of amides is 1. The Morgan fingerprint density at radius 3 is 3.06 bits per heavy atom. The molecule has 0 aromatic heterocycles. The molecule has 0 spiro atoms. The van der Waals surface area contributed by atoms with Crippen LogP contribution in [-0.2, 0) is 4.74 Å². The van der Waals surface area contributed by atoms with Crippen molar-refractivity contribution < 1.29 is 13.9 Å². The SMILES string of the molecule is O=C(c1ccc(Cl)cc1F)N1CCOC(CBr)C1. The van der Waals surface area contributed by atoms with Gasteiger partial charge < -0.3 is 9.64 Å². The number of rotatable bonds is 2. The van der Waals surface area contributed by atoms with Crippen LogP contribution >= 0.6 is 27.5 Å². The first-order chi connectivity index (χ1) is 8.61. The molecule has 6 heteroatoms. The van der Waals surface area contributed by atoms with Gasteiger partial charge in [0.15, 0.2) is 0 Å². The van der Waals surface area contributed by atoms with Crippen molar-refractivity contribution in [2.24, 2.45) is 0 Å². The van der Waals surface area contributed by atoms with E-state index in [4.69, 9.17) is 16.3 Å². The van der Waals surface area contributed by atoms with Crippen molar-refractivity contribution in [3.8, 4) is 0 Å². The van der Waals surface area contributed by atoms with Crippen LogP contribution in [0.4, 0.5) is 4.39 Å². The second-order valence-corrected chi connectivity index (χ2v) is 5.11. The van der Waals surface area contributed by atoms with Gasteiger partial charge in [0.25, 0.3) is 5.91 Å². The van der Waals surface area contributed by atoms with Crippen molar-refractivity contribution in [3.05, 3.63) is 34.6 Å². The van der Waals surface area contributed by atoms with E-state index in [1.165, 1.54) is 12.1 Å². The zero-order valence-electron chi connectivity index (χ0n) is 9.54. The highest BCUT2D eigenvalue weighted by molar-refractivity contribution is 9.09. The molecule has 0 bridgehead atoms. The fourth-order valence-electron chi connectivity index (χ4n) is 1.83. The Morgan fingerprint density at radius 2 is 2.39 bits per heavy atom. The number of carbonyl (C=O) groups is 1. The van der Waals surface area contributed by atoms with Crippen LogP contribution in [0.15, 0.2) is 18.2 Å². The van der Waals surface area contributed by atoms with Crippen molar-refractivity contribution in [3.63, 3.8) is 0 Å². The number of benzene rings is 1. The second kappa shape index (κ2) is 5.99. The normalized spacial score (nSPS) is 19.9. The molecule has 1 heterocycles. The molecule has 1 amide bonds. The standard InChI is InChI=1S/C12H12BrClFNO2/c13-6-9-7-16(3-4-18-9)12(17)10-2-1-8(14)5-11(10)15/h1-2,5,9H,3-4,6-7H2. The third-order valence-electron chi connectivity index (χ3n) is 2.76. The molecule has 1 fully saturated rings. The van der Waals surface area contributed by atoms with Crippen molar-refractivity contribution in [2.45, 2.75) is 6.10 Å². The molecule has 1 saturated heterocycles. The Morgan fingerprint density at radius 1 is 1.61 bits per heavy atom. The number of halogens is 3. The molecule has 1 aromatic carbocycles. The van der Waals surface area contributed by atoms with Gasteiger partial charge in [0, 0.05) is 23.4 Å². The molecule has 18 heavy (non-hydrogen) atoms. The zero-order valence-corrected chi connectivity index (χ0v) is 11.9. The molecular formula is C12H12BrClFNO2. The van der Waals surface area contributed by atoms with Gasteiger partial charge in [0.05, 0.1) is 18.3 Å². The van der Waals surface area contributed by atoms with Gasteiger partial charge in [-0.15, -0.1) is 0 Å². The minimum Gasteiger partial charge on any atom is -0.374 e. The maximum Gasteiger partial charge on any atom is 0.256 e. The van der Waals surface area contributed by atoms with E-state index in [9.17, 15) is 9.18 Å². The largest absolute Gasteiger partial charge is 0.374 e. The van der Waals surface area contributed by atoms with Crippen LogP contribution in [0, 0.1) is 5.82 Å². The van der Waals surface area contributed by atoms with E-state index in [0.717, 1.165) is 6.07 Å². The van der Waals surface area contributed by atoms with Crippen LogP contribution in [0.5, 0.6) is 0 Å². The molecule has 2 rings (SSSR count). The molecule has 0 saturated carbocycles. The van der Waals surface area contributed by atoms with E-state index in [0.29, 0.717) is 25.0 Å². The van der Waals surface area contributed by atoms with E-state index in [2.05, 4.69) is 15.9 Å². The molecule has 1 aromatic rings. The lowest BCUT2D eigenvalue weighted by Gasteiger charge is -2.32. The van der Waals surface area contributed by atoms with Crippen LogP contribution in [-0.4, -0.2) is 41.9 Å². The summed E-state index contributed by atoms with van der Waals surface area (Å²) in [5.41, 5.74) is 0.0506. The molecule has 1 aliphatic heterocycles. The summed E-state index contributed by atoms with van der Waals surface area (Å²) in [5, 5.41) is 0.934. The lowest BCUT2D eigenvalue weighted by atomic mass is 10.1. The van der Waals surface area contributed by atoms with Gasteiger partial charge in [0.2, 0.25) is 0 Å². The topological polar surface area (TPSA) is 29.5 Å². The van der Waals surface area contributed by atoms with Crippen molar-refractivity contribution in [2.75, 3.05) is 25.0 Å². The van der Waals surface area contributed by atoms with Crippen LogP contribution in [0.1, 0.15) is 10.4 Å². The van der Waals surface area contributed by atoms with E-state index >= 15 is 0 Å². The number of alkyl halides is 1. The maximum atomic E-state index is 13.7. The Bertz CT molecular complexity index is 458. The van der Waals surface area contributed by atoms with Gasteiger partial charge in [-0.2, -0.15) is 0 Å². The summed E-state index contributed by atoms with van der Waals surface area (Å²) in [5.74, 6) is -0.909. The van der Waals surface area contributed by atoms with Crippen LogP contribution in [0.3, 0.4) is 0 Å². The summed E-state index contributed by atoms with van der Waals surface area (Å²) in [7, 11) is 0. The molecule has 1 unspecified atom stereocenters. The highest BCUT2D eigenvalue weighted by Gasteiger charge is 2.25. The Balaban J connectivity index is 2.15. The highest BCUT2D eigenvalue weighted by atomic mass is 79.9. The quantitative estimate of drug-likeness (QED) is 0.777. The number of nitrogens with zero attached hydrogens (tertiary/aromatic N) is 1. The van der Waals surface area contributed by atoms with Gasteiger partial charge in [-0.3, -0.25) is 4.79 Å². The number of morpholine rings is 1. The molecular weight excluding hydrogens is 324 g/mol. The number of ether oxygens (including phenoxy) is 1. The average molecular weight is 337 g/mol. The number of carbonyl (C=O) groups excluding carboxylic acids is 1. The van der Waals surface area contributed by atoms with Gasteiger partial charge >= 0.3 is 0 Å². The summed E-state index contributed by atoms with van der Waals surface area (Å²) in [6.45, 7) is 1.41. The van der Waals surface area contributed by atoms with Gasteiger partial charge in [0.1, 0.15) is 5.82 Å². The third-order valence-corrected chi connectivity index (χ3v) is 3.72. The minimum absolute atomic E-state index is 0.0435. The number of hydrogen-bond acceptors (Lipinski definition) is 2. The average Bonchev–Trinajstić information content (AvgIpc) is 2.38. The van der Waals surface area contributed by atoms with Gasteiger partial charge in [-0.25, -0.2) is 4.39 Å².